The van der Waals surface area contributed by atoms with Crippen LogP contribution in [0.1, 0.15) is 25.3 Å². The number of nitrogens with one attached hydrogen (secondary N) is 2. The molecule has 2 aromatic rings. The number of halogens is 1. The molecule has 1 fully saturated rings. The number of phenolic OH excluding ortho intramolecular Hbond substituents is 1. The molecule has 0 aromatic heterocycles. The van der Waals surface area contributed by atoms with Crippen molar-refractivity contribution in [1.29, 1.82) is 0 Å². The van der Waals surface area contributed by atoms with Crippen LogP contribution in [-0.4, -0.2) is 43.9 Å². The van der Waals surface area contributed by atoms with E-state index in [2.05, 4.69) is 20.5 Å². The Morgan fingerprint density at radius 1 is 1.31 bits per heavy atom. The van der Waals surface area contributed by atoms with Gasteiger partial charge in [0.05, 0.1) is 13.7 Å². The van der Waals surface area contributed by atoms with Gasteiger partial charge in [0.1, 0.15) is 17.3 Å². The molecule has 1 saturated heterocycles. The van der Waals surface area contributed by atoms with Gasteiger partial charge in [-0.15, -0.1) is 0 Å². The molecule has 3 N–H and O–H groups in total. The number of aromatic hydroxyl groups is 1. The van der Waals surface area contributed by atoms with Crippen LogP contribution in [0.2, 0.25) is 0 Å². The molecule has 0 aliphatic carbocycles. The topological polar surface area (TPSA) is 69.1 Å². The molecular weight excluding hydrogens is 371 g/mol. The van der Waals surface area contributed by atoms with Crippen molar-refractivity contribution in [2.24, 2.45) is 4.99 Å². The minimum Gasteiger partial charge on any atom is -0.508 e. The lowest BCUT2D eigenvalue weighted by molar-refractivity contribution is 0.411. The highest BCUT2D eigenvalue weighted by atomic mass is 19.1. The Morgan fingerprint density at radius 2 is 2.17 bits per heavy atom. The van der Waals surface area contributed by atoms with Gasteiger partial charge in [-0.25, -0.2) is 9.38 Å². The summed E-state index contributed by atoms with van der Waals surface area (Å²) in [6.45, 7) is 4.76. The maximum absolute atomic E-state index is 13.6. The Morgan fingerprint density at radius 3 is 2.93 bits per heavy atom. The first-order valence-corrected chi connectivity index (χ1v) is 10.00. The number of rotatable bonds is 6. The predicted octanol–water partition coefficient (Wildman–Crippen LogP) is 3.26. The quantitative estimate of drug-likeness (QED) is 0.513. The number of phenols is 1. The molecule has 1 atom stereocenters. The average Bonchev–Trinajstić information content (AvgIpc) is 2.73. The summed E-state index contributed by atoms with van der Waals surface area (Å²) in [5.74, 6) is 1.36. The fraction of sp³-hybridized carbons (Fsp3) is 0.409. The summed E-state index contributed by atoms with van der Waals surface area (Å²) in [7, 11) is 1.60. The van der Waals surface area contributed by atoms with Gasteiger partial charge in [0.2, 0.25) is 0 Å². The molecule has 1 heterocycles. The van der Waals surface area contributed by atoms with Crippen LogP contribution < -0.4 is 20.3 Å². The van der Waals surface area contributed by atoms with Crippen molar-refractivity contribution in [1.82, 2.24) is 10.6 Å². The number of methoxy groups -OCH3 is 1. The first kappa shape index (κ1) is 20.8. The molecule has 0 amide bonds. The number of hydrogen-bond donors (Lipinski definition) is 3. The van der Waals surface area contributed by atoms with Crippen molar-refractivity contribution >= 4 is 11.6 Å². The van der Waals surface area contributed by atoms with Crippen LogP contribution in [0.5, 0.6) is 11.5 Å². The number of anilines is 1. The molecule has 29 heavy (non-hydrogen) atoms. The maximum Gasteiger partial charge on any atom is 0.191 e. The Kier molecular flexibility index (Phi) is 7.16. The third-order valence-electron chi connectivity index (χ3n) is 4.97. The molecule has 156 valence electrons. The van der Waals surface area contributed by atoms with Crippen LogP contribution in [0.4, 0.5) is 10.1 Å². The van der Waals surface area contributed by atoms with E-state index in [-0.39, 0.29) is 17.6 Å². The largest absolute Gasteiger partial charge is 0.508 e. The summed E-state index contributed by atoms with van der Waals surface area (Å²) in [4.78, 5) is 6.82. The number of guanidine groups is 1. The van der Waals surface area contributed by atoms with Crippen molar-refractivity contribution < 1.29 is 14.2 Å². The number of hydrogen-bond acceptors (Lipinski definition) is 4. The van der Waals surface area contributed by atoms with Gasteiger partial charge in [0, 0.05) is 36.9 Å². The second-order valence-corrected chi connectivity index (χ2v) is 7.10. The number of nitrogens with zero attached hydrogens (tertiary/aromatic N) is 2. The van der Waals surface area contributed by atoms with E-state index in [1.165, 1.54) is 6.07 Å². The van der Waals surface area contributed by atoms with Crippen molar-refractivity contribution in [3.8, 4) is 11.5 Å². The zero-order chi connectivity index (χ0) is 20.6. The van der Waals surface area contributed by atoms with E-state index in [9.17, 15) is 9.50 Å². The summed E-state index contributed by atoms with van der Waals surface area (Å²) < 4.78 is 18.8. The van der Waals surface area contributed by atoms with Gasteiger partial charge in [-0.2, -0.15) is 0 Å². The van der Waals surface area contributed by atoms with E-state index in [0.29, 0.717) is 23.8 Å². The summed E-state index contributed by atoms with van der Waals surface area (Å²) in [5.41, 5.74) is 1.60. The standard InChI is InChI=1S/C22H29FN4O2/c1-3-24-22(25-14-16-12-20(29-2)9-10-21(16)28)26-18-7-5-11-27(15-18)19-8-4-6-17(23)13-19/h4,6,8-10,12-13,18,28H,3,5,7,11,14-15H2,1-2H3,(H2,24,25,26). The first-order valence-electron chi connectivity index (χ1n) is 10.00. The van der Waals surface area contributed by atoms with Crippen LogP contribution in [0.25, 0.3) is 0 Å². The van der Waals surface area contributed by atoms with Gasteiger partial charge in [-0.3, -0.25) is 0 Å². The maximum atomic E-state index is 13.6. The van der Waals surface area contributed by atoms with Crippen LogP contribution in [-0.2, 0) is 6.54 Å². The fourth-order valence-corrected chi connectivity index (χ4v) is 3.50. The van der Waals surface area contributed by atoms with Gasteiger partial charge in [0.25, 0.3) is 0 Å². The summed E-state index contributed by atoms with van der Waals surface area (Å²) in [6, 6.07) is 12.0. The molecule has 0 bridgehead atoms. The Bertz CT molecular complexity index is 843. The van der Waals surface area contributed by atoms with Crippen molar-refractivity contribution in [2.75, 3.05) is 31.6 Å². The van der Waals surface area contributed by atoms with Crippen molar-refractivity contribution in [3.63, 3.8) is 0 Å². The number of benzene rings is 2. The van der Waals surface area contributed by atoms with E-state index < -0.39 is 0 Å². The Labute approximate surface area is 171 Å². The van der Waals surface area contributed by atoms with Crippen LogP contribution in [0.15, 0.2) is 47.5 Å². The molecule has 0 spiro atoms. The second-order valence-electron chi connectivity index (χ2n) is 7.10. The molecule has 1 unspecified atom stereocenters. The fourth-order valence-electron chi connectivity index (χ4n) is 3.50. The molecule has 6 nitrogen and oxygen atoms in total. The number of piperidine rings is 1. The average molecular weight is 400 g/mol. The lowest BCUT2D eigenvalue weighted by Gasteiger charge is -2.35. The zero-order valence-corrected chi connectivity index (χ0v) is 17.0. The molecule has 3 rings (SSSR count). The third-order valence-corrected chi connectivity index (χ3v) is 4.97. The molecular formula is C22H29FN4O2. The van der Waals surface area contributed by atoms with E-state index in [0.717, 1.165) is 38.2 Å². The molecule has 0 radical (unpaired) electrons. The number of aliphatic imine (C=N–C) groups is 1. The van der Waals surface area contributed by atoms with Gasteiger partial charge in [-0.05, 0) is 56.2 Å². The lowest BCUT2D eigenvalue weighted by Crippen LogP contribution is -2.51. The smallest absolute Gasteiger partial charge is 0.191 e. The van der Waals surface area contributed by atoms with E-state index in [1.807, 2.05) is 13.0 Å². The summed E-state index contributed by atoms with van der Waals surface area (Å²) in [5, 5.41) is 16.8. The molecule has 7 heteroatoms. The van der Waals surface area contributed by atoms with Gasteiger partial charge in [-0.1, -0.05) is 6.07 Å². The van der Waals surface area contributed by atoms with Crippen LogP contribution in [0, 0.1) is 5.82 Å². The zero-order valence-electron chi connectivity index (χ0n) is 17.0. The SMILES string of the molecule is CCNC(=NCc1cc(OC)ccc1O)NC1CCCN(c2cccc(F)c2)C1. The Hall–Kier alpha value is -2.96. The highest BCUT2D eigenvalue weighted by Crippen LogP contribution is 2.24. The second kappa shape index (κ2) is 10.0. The van der Waals surface area contributed by atoms with Gasteiger partial charge >= 0.3 is 0 Å². The predicted molar refractivity (Wildman–Crippen MR) is 114 cm³/mol. The summed E-state index contributed by atoms with van der Waals surface area (Å²) in [6.07, 6.45) is 2.03. The van der Waals surface area contributed by atoms with Crippen molar-refractivity contribution in [3.05, 3.63) is 53.8 Å². The normalized spacial score (nSPS) is 17.1. The van der Waals surface area contributed by atoms with Gasteiger partial charge < -0.3 is 25.4 Å². The van der Waals surface area contributed by atoms with E-state index in [4.69, 9.17) is 4.74 Å². The van der Waals surface area contributed by atoms with Crippen LogP contribution >= 0.6 is 0 Å². The molecule has 1 aliphatic rings. The monoisotopic (exact) mass is 400 g/mol. The minimum atomic E-state index is -0.217. The minimum absolute atomic E-state index is 0.195. The lowest BCUT2D eigenvalue weighted by atomic mass is 10.0. The molecule has 1 aliphatic heterocycles. The van der Waals surface area contributed by atoms with E-state index in [1.54, 1.807) is 37.4 Å². The molecule has 2 aromatic carbocycles. The first-order chi connectivity index (χ1) is 14.1. The highest BCUT2D eigenvalue weighted by Gasteiger charge is 2.21. The summed E-state index contributed by atoms with van der Waals surface area (Å²) >= 11 is 0. The molecule has 0 saturated carbocycles. The van der Waals surface area contributed by atoms with Gasteiger partial charge in [0.15, 0.2) is 5.96 Å². The Balaban J connectivity index is 1.67. The third kappa shape index (κ3) is 5.76. The van der Waals surface area contributed by atoms with E-state index >= 15 is 0 Å². The van der Waals surface area contributed by atoms with Crippen molar-refractivity contribution in [2.45, 2.75) is 32.4 Å². The van der Waals surface area contributed by atoms with Crippen LogP contribution in [0.3, 0.4) is 0 Å². The highest BCUT2D eigenvalue weighted by molar-refractivity contribution is 5.80. The number of ether oxygens (including phenoxy) is 1.